The number of hydrogen-bond donors (Lipinski definition) is 2. The van der Waals surface area contributed by atoms with Gasteiger partial charge in [-0.2, -0.15) is 0 Å². The number of halogens is 2. The molecule has 0 heterocycles. The van der Waals surface area contributed by atoms with E-state index in [0.717, 1.165) is 4.47 Å². The van der Waals surface area contributed by atoms with Crippen LogP contribution in [0, 0.1) is 0 Å². The van der Waals surface area contributed by atoms with E-state index in [0.29, 0.717) is 22.2 Å². The lowest BCUT2D eigenvalue weighted by atomic mass is 10.1. The molecule has 9 heteroatoms. The van der Waals surface area contributed by atoms with Gasteiger partial charge >= 0.3 is 0 Å². The van der Waals surface area contributed by atoms with E-state index in [1.807, 2.05) is 18.2 Å². The highest BCUT2D eigenvalue weighted by molar-refractivity contribution is 9.10. The third kappa shape index (κ3) is 5.96. The van der Waals surface area contributed by atoms with Crippen molar-refractivity contribution < 1.29 is 17.9 Å². The lowest BCUT2D eigenvalue weighted by Crippen LogP contribution is -2.18. The lowest BCUT2D eigenvalue weighted by molar-refractivity contribution is 0.102. The average Bonchev–Trinajstić information content (AvgIpc) is 2.82. The molecule has 2 N–H and O–H groups in total. The Labute approximate surface area is 210 Å². The van der Waals surface area contributed by atoms with Gasteiger partial charge in [0.2, 0.25) is 0 Å². The zero-order chi connectivity index (χ0) is 24.1. The zero-order valence-corrected chi connectivity index (χ0v) is 20.7. The van der Waals surface area contributed by atoms with Crippen molar-refractivity contribution in [2.75, 3.05) is 10.0 Å². The van der Waals surface area contributed by atoms with E-state index in [2.05, 4.69) is 26.0 Å². The Balaban J connectivity index is 1.68. The van der Waals surface area contributed by atoms with Gasteiger partial charge in [-0.1, -0.05) is 45.7 Å². The van der Waals surface area contributed by atoms with Gasteiger partial charge in [0.1, 0.15) is 11.5 Å². The number of para-hydroxylation sites is 1. The third-order valence-electron chi connectivity index (χ3n) is 4.68. The SMILES string of the molecule is O=C(Nc1ccc(Cl)cc1)c1cc(Oc2ccccc2)ccc1NS(=O)(=O)c1ccc(Br)cc1. The predicted octanol–water partition coefficient (Wildman–Crippen LogP) is 6.95. The minimum atomic E-state index is -3.95. The number of carbonyl (C=O) groups excluding carboxylic acids is 1. The topological polar surface area (TPSA) is 84.5 Å². The van der Waals surface area contributed by atoms with Crippen LogP contribution in [0.3, 0.4) is 0 Å². The van der Waals surface area contributed by atoms with Crippen molar-refractivity contribution >= 4 is 54.8 Å². The van der Waals surface area contributed by atoms with Crippen molar-refractivity contribution in [2.45, 2.75) is 4.90 Å². The maximum absolute atomic E-state index is 13.2. The largest absolute Gasteiger partial charge is 0.457 e. The summed E-state index contributed by atoms with van der Waals surface area (Å²) in [5.74, 6) is 0.433. The summed E-state index contributed by atoms with van der Waals surface area (Å²) in [5, 5.41) is 3.28. The first-order chi connectivity index (χ1) is 16.3. The number of carbonyl (C=O) groups is 1. The number of sulfonamides is 1. The van der Waals surface area contributed by atoms with Gasteiger partial charge in [-0.3, -0.25) is 9.52 Å². The highest BCUT2D eigenvalue weighted by Gasteiger charge is 2.20. The number of amides is 1. The molecule has 1 amide bonds. The first kappa shape index (κ1) is 23.8. The van der Waals surface area contributed by atoms with Crippen LogP contribution in [0.15, 0.2) is 106 Å². The summed E-state index contributed by atoms with van der Waals surface area (Å²) in [6.07, 6.45) is 0. The van der Waals surface area contributed by atoms with Crippen LogP contribution >= 0.6 is 27.5 Å². The molecular weight excluding hydrogens is 540 g/mol. The minimum absolute atomic E-state index is 0.0596. The number of hydrogen-bond acceptors (Lipinski definition) is 4. The van der Waals surface area contributed by atoms with Crippen LogP contribution in [0.4, 0.5) is 11.4 Å². The van der Waals surface area contributed by atoms with Gasteiger partial charge in [-0.15, -0.1) is 0 Å². The van der Waals surface area contributed by atoms with Gasteiger partial charge < -0.3 is 10.1 Å². The predicted molar refractivity (Wildman–Crippen MR) is 137 cm³/mol. The fraction of sp³-hybridized carbons (Fsp3) is 0. The molecule has 4 rings (SSSR count). The molecular formula is C25H18BrClN2O4S. The quantitative estimate of drug-likeness (QED) is 0.258. The zero-order valence-electron chi connectivity index (χ0n) is 17.5. The van der Waals surface area contributed by atoms with Crippen LogP contribution < -0.4 is 14.8 Å². The highest BCUT2D eigenvalue weighted by Crippen LogP contribution is 2.29. The number of anilines is 2. The van der Waals surface area contributed by atoms with E-state index in [4.69, 9.17) is 16.3 Å². The van der Waals surface area contributed by atoms with Crippen LogP contribution in [-0.2, 0) is 10.0 Å². The van der Waals surface area contributed by atoms with Gasteiger partial charge in [0.15, 0.2) is 0 Å². The van der Waals surface area contributed by atoms with Gasteiger partial charge in [0, 0.05) is 15.2 Å². The molecule has 0 unspecified atom stereocenters. The molecule has 4 aromatic rings. The Bertz CT molecular complexity index is 1410. The maximum Gasteiger partial charge on any atom is 0.261 e. The molecule has 4 aromatic carbocycles. The first-order valence-electron chi connectivity index (χ1n) is 10.0. The molecule has 172 valence electrons. The fourth-order valence-corrected chi connectivity index (χ4v) is 4.51. The van der Waals surface area contributed by atoms with Gasteiger partial charge in [0.25, 0.3) is 15.9 Å². The second-order valence-corrected chi connectivity index (χ2v) is 10.2. The average molecular weight is 558 g/mol. The third-order valence-corrected chi connectivity index (χ3v) is 6.85. The van der Waals surface area contributed by atoms with Gasteiger partial charge in [-0.25, -0.2) is 8.42 Å². The number of rotatable bonds is 7. The lowest BCUT2D eigenvalue weighted by Gasteiger charge is -2.15. The summed E-state index contributed by atoms with van der Waals surface area (Å²) in [7, 11) is -3.95. The molecule has 34 heavy (non-hydrogen) atoms. The van der Waals surface area contributed by atoms with E-state index < -0.39 is 15.9 Å². The molecule has 0 atom stereocenters. The van der Waals surface area contributed by atoms with Crippen LogP contribution in [-0.4, -0.2) is 14.3 Å². The molecule has 0 saturated heterocycles. The van der Waals surface area contributed by atoms with E-state index in [9.17, 15) is 13.2 Å². The van der Waals surface area contributed by atoms with Crippen LogP contribution in [0.5, 0.6) is 11.5 Å². The van der Waals surface area contributed by atoms with Crippen molar-refractivity contribution in [3.63, 3.8) is 0 Å². The summed E-state index contributed by atoms with van der Waals surface area (Å²) in [4.78, 5) is 13.2. The second kappa shape index (κ2) is 10.3. The van der Waals surface area contributed by atoms with Crippen LogP contribution in [0.25, 0.3) is 0 Å². The van der Waals surface area contributed by atoms with Crippen molar-refractivity contribution in [3.05, 3.63) is 112 Å². The van der Waals surface area contributed by atoms with Gasteiger partial charge in [0.05, 0.1) is 16.1 Å². The summed E-state index contributed by atoms with van der Waals surface area (Å²) in [6.45, 7) is 0. The molecule has 0 saturated carbocycles. The maximum atomic E-state index is 13.2. The van der Waals surface area contributed by atoms with Gasteiger partial charge in [-0.05, 0) is 78.9 Å². The first-order valence-corrected chi connectivity index (χ1v) is 12.7. The van der Waals surface area contributed by atoms with Crippen molar-refractivity contribution in [3.8, 4) is 11.5 Å². The van der Waals surface area contributed by atoms with E-state index in [1.54, 1.807) is 54.6 Å². The van der Waals surface area contributed by atoms with Crippen LogP contribution in [0.2, 0.25) is 5.02 Å². The summed E-state index contributed by atoms with van der Waals surface area (Å²) < 4.78 is 35.0. The summed E-state index contributed by atoms with van der Waals surface area (Å²) in [6, 6.07) is 26.4. The van der Waals surface area contributed by atoms with Crippen LogP contribution in [0.1, 0.15) is 10.4 Å². The van der Waals surface area contributed by atoms with Crippen molar-refractivity contribution in [1.82, 2.24) is 0 Å². The van der Waals surface area contributed by atoms with Crippen molar-refractivity contribution in [1.29, 1.82) is 0 Å². The molecule has 0 aliphatic carbocycles. The monoisotopic (exact) mass is 556 g/mol. The number of nitrogens with one attached hydrogen (secondary N) is 2. The summed E-state index contributed by atoms with van der Waals surface area (Å²) >= 11 is 9.21. The highest BCUT2D eigenvalue weighted by atomic mass is 79.9. The molecule has 0 fully saturated rings. The molecule has 0 bridgehead atoms. The minimum Gasteiger partial charge on any atom is -0.457 e. The number of benzene rings is 4. The normalized spacial score (nSPS) is 11.0. The standard InChI is InChI=1S/C25H18BrClN2O4S/c26-17-6-13-22(14-7-17)34(31,32)29-24-15-12-21(33-20-4-2-1-3-5-20)16-23(24)25(30)28-19-10-8-18(27)9-11-19/h1-16,29H,(H,28,30). The Hall–Kier alpha value is -3.33. The fourth-order valence-electron chi connectivity index (χ4n) is 3.04. The number of ether oxygens (including phenoxy) is 1. The molecule has 0 spiro atoms. The Kier molecular flexibility index (Phi) is 7.21. The molecule has 6 nitrogen and oxygen atoms in total. The van der Waals surface area contributed by atoms with E-state index in [1.165, 1.54) is 24.3 Å². The molecule has 0 aromatic heterocycles. The second-order valence-electron chi connectivity index (χ2n) is 7.14. The smallest absolute Gasteiger partial charge is 0.261 e. The Morgan fingerprint density at radius 3 is 2.18 bits per heavy atom. The Morgan fingerprint density at radius 2 is 1.50 bits per heavy atom. The Morgan fingerprint density at radius 1 is 0.824 bits per heavy atom. The van der Waals surface area contributed by atoms with E-state index >= 15 is 0 Å². The van der Waals surface area contributed by atoms with Crippen molar-refractivity contribution in [2.24, 2.45) is 0 Å². The molecule has 0 radical (unpaired) electrons. The molecule has 0 aliphatic rings. The van der Waals surface area contributed by atoms with E-state index in [-0.39, 0.29) is 16.1 Å². The summed E-state index contributed by atoms with van der Waals surface area (Å²) in [5.41, 5.74) is 0.698. The molecule has 0 aliphatic heterocycles.